The molecule has 0 radical (unpaired) electrons. The zero-order valence-electron chi connectivity index (χ0n) is 13.1. The molecule has 2 N–H and O–H groups in total. The van der Waals surface area contributed by atoms with E-state index in [4.69, 9.17) is 0 Å². The van der Waals surface area contributed by atoms with E-state index < -0.39 is 0 Å². The fourth-order valence-electron chi connectivity index (χ4n) is 3.36. The van der Waals surface area contributed by atoms with Gasteiger partial charge in [0.05, 0.1) is 11.7 Å². The molecule has 2 aliphatic rings. The third-order valence-electron chi connectivity index (χ3n) is 4.95. The number of likely N-dealkylation sites (tertiary alicyclic amines) is 1. The van der Waals surface area contributed by atoms with Gasteiger partial charge in [0.25, 0.3) is 0 Å². The summed E-state index contributed by atoms with van der Waals surface area (Å²) >= 11 is 0. The molecule has 6 nitrogen and oxygen atoms in total. The second kappa shape index (κ2) is 6.79. The third-order valence-corrected chi connectivity index (χ3v) is 4.95. The fourth-order valence-corrected chi connectivity index (χ4v) is 3.36. The van der Waals surface area contributed by atoms with Crippen LogP contribution in [0.2, 0.25) is 0 Å². The number of carbonyl (C=O) groups excluding carboxylic acids is 1. The van der Waals surface area contributed by atoms with E-state index in [1.807, 2.05) is 10.8 Å². The topological polar surface area (TPSA) is 70.4 Å². The number of piperidine rings is 1. The zero-order valence-corrected chi connectivity index (χ0v) is 13.1. The van der Waals surface area contributed by atoms with E-state index in [1.165, 1.54) is 0 Å². The number of nitrogens with zero attached hydrogens (tertiary/aromatic N) is 3. The number of carbonyl (C=O) groups is 1. The van der Waals surface area contributed by atoms with Crippen LogP contribution in [0.25, 0.3) is 0 Å². The maximum absolute atomic E-state index is 12.4. The van der Waals surface area contributed by atoms with Gasteiger partial charge < -0.3 is 19.9 Å². The minimum absolute atomic E-state index is 0.178. The molecule has 3 rings (SSSR count). The summed E-state index contributed by atoms with van der Waals surface area (Å²) in [6.45, 7) is 4.61. The predicted octanol–water partition coefficient (Wildman–Crippen LogP) is 0.484. The maximum atomic E-state index is 12.4. The molecule has 1 aliphatic heterocycles. The van der Waals surface area contributed by atoms with Crippen LogP contribution >= 0.6 is 0 Å². The molecule has 22 heavy (non-hydrogen) atoms. The Labute approximate surface area is 131 Å². The highest BCUT2D eigenvalue weighted by Gasteiger charge is 2.49. The van der Waals surface area contributed by atoms with Crippen molar-refractivity contribution >= 4 is 5.91 Å². The quantitative estimate of drug-likeness (QED) is 0.769. The molecule has 0 bridgehead atoms. The Morgan fingerprint density at radius 3 is 3.00 bits per heavy atom. The number of rotatable bonds is 7. The van der Waals surface area contributed by atoms with Gasteiger partial charge in [-0.2, -0.15) is 0 Å². The van der Waals surface area contributed by atoms with E-state index in [0.29, 0.717) is 12.5 Å². The first-order chi connectivity index (χ1) is 10.7. The van der Waals surface area contributed by atoms with Crippen molar-refractivity contribution < 1.29 is 9.90 Å². The van der Waals surface area contributed by atoms with Crippen molar-refractivity contribution in [3.8, 4) is 0 Å². The van der Waals surface area contributed by atoms with E-state index in [1.54, 1.807) is 12.5 Å². The highest BCUT2D eigenvalue weighted by atomic mass is 16.3. The lowest BCUT2D eigenvalue weighted by Gasteiger charge is -2.31. The van der Waals surface area contributed by atoms with Gasteiger partial charge in [-0.25, -0.2) is 4.98 Å². The van der Waals surface area contributed by atoms with Gasteiger partial charge in [-0.1, -0.05) is 0 Å². The Morgan fingerprint density at radius 2 is 2.32 bits per heavy atom. The van der Waals surface area contributed by atoms with Crippen molar-refractivity contribution in [2.75, 3.05) is 32.8 Å². The summed E-state index contributed by atoms with van der Waals surface area (Å²) in [6, 6.07) is 0. The summed E-state index contributed by atoms with van der Waals surface area (Å²) in [5.41, 5.74) is -0.212. The number of aliphatic hydroxyl groups is 1. The third kappa shape index (κ3) is 3.67. The smallest absolute Gasteiger partial charge is 0.228 e. The van der Waals surface area contributed by atoms with Gasteiger partial charge in [-0.15, -0.1) is 0 Å². The Hall–Kier alpha value is -1.40. The molecule has 0 spiro atoms. The van der Waals surface area contributed by atoms with E-state index in [9.17, 15) is 9.90 Å². The summed E-state index contributed by atoms with van der Waals surface area (Å²) in [4.78, 5) is 18.8. The van der Waals surface area contributed by atoms with Crippen LogP contribution in [0.3, 0.4) is 0 Å². The van der Waals surface area contributed by atoms with Crippen LogP contribution < -0.4 is 5.32 Å². The van der Waals surface area contributed by atoms with Crippen LogP contribution in [0.4, 0.5) is 0 Å². The lowest BCUT2D eigenvalue weighted by molar-refractivity contribution is -0.126. The average Bonchev–Trinajstić information content (AvgIpc) is 3.14. The van der Waals surface area contributed by atoms with Gasteiger partial charge in [0, 0.05) is 45.2 Å². The number of amides is 1. The number of nitrogens with one attached hydrogen (secondary N) is 1. The average molecular weight is 306 g/mol. The molecule has 1 saturated heterocycles. The van der Waals surface area contributed by atoms with Crippen molar-refractivity contribution in [2.45, 2.75) is 32.2 Å². The maximum Gasteiger partial charge on any atom is 0.228 e. The largest absolute Gasteiger partial charge is 0.396 e. The van der Waals surface area contributed by atoms with Gasteiger partial charge in [-0.05, 0) is 38.1 Å². The van der Waals surface area contributed by atoms with Crippen LogP contribution in [0, 0.1) is 11.3 Å². The molecule has 1 aliphatic carbocycles. The molecular formula is C16H26N4O2. The number of hydrogen-bond donors (Lipinski definition) is 2. The molecule has 1 aromatic rings. The first kappa shape index (κ1) is 15.5. The Kier molecular flexibility index (Phi) is 4.78. The first-order valence-electron chi connectivity index (χ1n) is 8.29. The van der Waals surface area contributed by atoms with Gasteiger partial charge in [0.2, 0.25) is 5.91 Å². The summed E-state index contributed by atoms with van der Waals surface area (Å²) in [5.74, 6) is 0.581. The van der Waals surface area contributed by atoms with Gasteiger partial charge >= 0.3 is 0 Å². The zero-order chi connectivity index (χ0) is 15.4. The van der Waals surface area contributed by atoms with Crippen molar-refractivity contribution in [3.05, 3.63) is 18.7 Å². The first-order valence-corrected chi connectivity index (χ1v) is 8.29. The fraction of sp³-hybridized carbons (Fsp3) is 0.750. The van der Waals surface area contributed by atoms with E-state index in [2.05, 4.69) is 15.2 Å². The lowest BCUT2D eigenvalue weighted by Crippen LogP contribution is -2.43. The minimum atomic E-state index is -0.212. The predicted molar refractivity (Wildman–Crippen MR) is 83.2 cm³/mol. The number of imidazole rings is 1. The highest BCUT2D eigenvalue weighted by Crippen LogP contribution is 2.47. The van der Waals surface area contributed by atoms with E-state index in [-0.39, 0.29) is 17.9 Å². The van der Waals surface area contributed by atoms with Crippen molar-refractivity contribution in [1.82, 2.24) is 19.8 Å². The molecule has 2 heterocycles. The van der Waals surface area contributed by atoms with Gasteiger partial charge in [0.1, 0.15) is 0 Å². The second-order valence-corrected chi connectivity index (χ2v) is 6.76. The van der Waals surface area contributed by atoms with Crippen molar-refractivity contribution in [3.63, 3.8) is 0 Å². The Morgan fingerprint density at radius 1 is 1.45 bits per heavy atom. The minimum Gasteiger partial charge on any atom is -0.396 e. The summed E-state index contributed by atoms with van der Waals surface area (Å²) < 4.78 is 1.99. The summed E-state index contributed by atoms with van der Waals surface area (Å²) in [5, 5.41) is 12.4. The molecule has 2 fully saturated rings. The van der Waals surface area contributed by atoms with Gasteiger partial charge in [0.15, 0.2) is 0 Å². The molecule has 6 heteroatoms. The normalized spacial score (nSPS) is 24.1. The molecule has 0 aromatic carbocycles. The molecule has 122 valence electrons. The Bertz CT molecular complexity index is 484. The van der Waals surface area contributed by atoms with Crippen LogP contribution in [0.1, 0.15) is 25.7 Å². The molecular weight excluding hydrogens is 280 g/mol. The summed E-state index contributed by atoms with van der Waals surface area (Å²) in [7, 11) is 0. The van der Waals surface area contributed by atoms with Crippen LogP contribution in [-0.2, 0) is 11.3 Å². The second-order valence-electron chi connectivity index (χ2n) is 6.76. The van der Waals surface area contributed by atoms with Crippen LogP contribution in [-0.4, -0.2) is 58.3 Å². The molecule has 1 amide bonds. The van der Waals surface area contributed by atoms with Gasteiger partial charge in [-0.3, -0.25) is 4.79 Å². The Balaban J connectivity index is 1.41. The molecule has 1 unspecified atom stereocenters. The number of aromatic nitrogens is 2. The van der Waals surface area contributed by atoms with Crippen molar-refractivity contribution in [1.29, 1.82) is 0 Å². The molecule has 1 saturated carbocycles. The van der Waals surface area contributed by atoms with Crippen LogP contribution in [0.5, 0.6) is 0 Å². The SMILES string of the molecule is O=C(NCCN1CCCC(CO)C1)C1(Cn2ccnc2)CC1. The standard InChI is InChI=1S/C16H26N4O2/c21-11-14-2-1-7-19(10-14)9-6-18-15(22)16(3-4-16)12-20-8-5-17-13-20/h5,8,13-14,21H,1-4,6-7,9-12H2,(H,18,22). The summed E-state index contributed by atoms with van der Waals surface area (Å²) in [6.07, 6.45) is 9.63. The number of aliphatic hydroxyl groups excluding tert-OH is 1. The van der Waals surface area contributed by atoms with Crippen LogP contribution in [0.15, 0.2) is 18.7 Å². The lowest BCUT2D eigenvalue weighted by atomic mass is 9.99. The number of hydrogen-bond acceptors (Lipinski definition) is 4. The molecule has 1 aromatic heterocycles. The van der Waals surface area contributed by atoms with E-state index in [0.717, 1.165) is 51.9 Å². The monoisotopic (exact) mass is 306 g/mol. The highest BCUT2D eigenvalue weighted by molar-refractivity contribution is 5.85. The van der Waals surface area contributed by atoms with Crippen molar-refractivity contribution in [2.24, 2.45) is 11.3 Å². The molecule has 1 atom stereocenters. The van der Waals surface area contributed by atoms with E-state index >= 15 is 0 Å².